The second-order valence-corrected chi connectivity index (χ2v) is 6.20. The minimum Gasteiger partial charge on any atom is -0.338 e. The summed E-state index contributed by atoms with van der Waals surface area (Å²) in [5.74, 6) is 0.904. The van der Waals surface area contributed by atoms with Gasteiger partial charge in [-0.15, -0.1) is 0 Å². The topological polar surface area (TPSA) is 28.7 Å². The lowest BCUT2D eigenvalue weighted by Gasteiger charge is -2.08. The van der Waals surface area contributed by atoms with E-state index in [9.17, 15) is 0 Å². The van der Waals surface area contributed by atoms with Crippen molar-refractivity contribution < 1.29 is 0 Å². The zero-order chi connectivity index (χ0) is 16.6. The van der Waals surface area contributed by atoms with Crippen LogP contribution in [0.1, 0.15) is 0 Å². The number of nitrogens with one attached hydrogen (secondary N) is 1. The van der Waals surface area contributed by atoms with Crippen LogP contribution in [0, 0.1) is 0 Å². The molecule has 4 aromatic carbocycles. The highest BCUT2D eigenvalue weighted by molar-refractivity contribution is 6.13. The molecule has 2 nitrogen and oxygen atoms in total. The molecule has 1 N–H and O–H groups in total. The second kappa shape index (κ2) is 5.60. The molecule has 0 atom stereocenters. The van der Waals surface area contributed by atoms with Crippen molar-refractivity contribution >= 4 is 21.5 Å². The quantitative estimate of drug-likeness (QED) is 0.394. The molecular weight excluding hydrogens is 304 g/mol. The Labute approximate surface area is 145 Å². The van der Waals surface area contributed by atoms with Crippen LogP contribution in [-0.2, 0) is 0 Å². The Balaban J connectivity index is 1.76. The van der Waals surface area contributed by atoms with Gasteiger partial charge < -0.3 is 4.98 Å². The molecule has 0 spiro atoms. The van der Waals surface area contributed by atoms with Gasteiger partial charge in [-0.25, -0.2) is 4.98 Å². The number of hydrogen-bond donors (Lipinski definition) is 1. The minimum absolute atomic E-state index is 0.904. The van der Waals surface area contributed by atoms with Gasteiger partial charge in [-0.3, -0.25) is 0 Å². The number of H-pyrrole nitrogens is 1. The zero-order valence-corrected chi connectivity index (χ0v) is 13.6. The molecule has 0 amide bonds. The molecule has 0 aliphatic carbocycles. The number of rotatable bonds is 2. The summed E-state index contributed by atoms with van der Waals surface area (Å²) >= 11 is 0. The van der Waals surface area contributed by atoms with E-state index in [1.807, 2.05) is 24.4 Å². The van der Waals surface area contributed by atoms with Gasteiger partial charge in [0, 0.05) is 10.9 Å². The minimum atomic E-state index is 0.904. The van der Waals surface area contributed by atoms with E-state index in [0.29, 0.717) is 0 Å². The van der Waals surface area contributed by atoms with Crippen LogP contribution in [0.25, 0.3) is 44.2 Å². The number of fused-ring (bicyclic) bond motifs is 3. The fourth-order valence-corrected chi connectivity index (χ4v) is 3.48. The van der Waals surface area contributed by atoms with E-state index in [-0.39, 0.29) is 0 Å². The van der Waals surface area contributed by atoms with E-state index < -0.39 is 0 Å². The van der Waals surface area contributed by atoms with Gasteiger partial charge in [-0.05, 0) is 21.7 Å². The normalized spacial score (nSPS) is 11.2. The number of hydrogen-bond acceptors (Lipinski definition) is 1. The molecule has 118 valence electrons. The molecule has 2 heteroatoms. The Morgan fingerprint density at radius 3 is 2.32 bits per heavy atom. The van der Waals surface area contributed by atoms with Crippen molar-refractivity contribution in [1.29, 1.82) is 0 Å². The van der Waals surface area contributed by atoms with Crippen LogP contribution >= 0.6 is 0 Å². The molecule has 1 heterocycles. The first kappa shape index (κ1) is 14.0. The highest BCUT2D eigenvalue weighted by Crippen LogP contribution is 2.33. The van der Waals surface area contributed by atoms with Crippen LogP contribution < -0.4 is 0 Å². The Hall–Kier alpha value is -3.39. The van der Waals surface area contributed by atoms with Gasteiger partial charge in [-0.1, -0.05) is 84.9 Å². The summed E-state index contributed by atoms with van der Waals surface area (Å²) < 4.78 is 0. The van der Waals surface area contributed by atoms with Gasteiger partial charge in [0.2, 0.25) is 0 Å². The first-order chi connectivity index (χ1) is 12.4. The molecule has 0 unspecified atom stereocenters. The average Bonchev–Trinajstić information content (AvgIpc) is 3.18. The average molecular weight is 320 g/mol. The summed E-state index contributed by atoms with van der Waals surface area (Å²) in [5, 5.41) is 4.98. The van der Waals surface area contributed by atoms with Crippen molar-refractivity contribution in [2.24, 2.45) is 0 Å². The van der Waals surface area contributed by atoms with Crippen LogP contribution in [0.5, 0.6) is 0 Å². The Kier molecular flexibility index (Phi) is 3.14. The highest BCUT2D eigenvalue weighted by Gasteiger charge is 2.11. The van der Waals surface area contributed by atoms with Crippen LogP contribution in [0.2, 0.25) is 0 Å². The van der Waals surface area contributed by atoms with E-state index >= 15 is 0 Å². The van der Waals surface area contributed by atoms with Crippen molar-refractivity contribution in [1.82, 2.24) is 9.97 Å². The third-order valence-electron chi connectivity index (χ3n) is 4.68. The molecule has 25 heavy (non-hydrogen) atoms. The standard InChI is InChI=1S/C23H16N2/c1-2-8-17(9-3-1)21-15-24-23(25-21)20-12-6-10-18-14-13-16-7-4-5-11-19(16)22(18)20/h1-15H,(H,24,25). The number of aromatic nitrogens is 2. The van der Waals surface area contributed by atoms with Crippen LogP contribution in [-0.4, -0.2) is 9.97 Å². The summed E-state index contributed by atoms with van der Waals surface area (Å²) in [6.45, 7) is 0. The van der Waals surface area contributed by atoms with Crippen LogP contribution in [0.4, 0.5) is 0 Å². The fraction of sp³-hybridized carbons (Fsp3) is 0. The fourth-order valence-electron chi connectivity index (χ4n) is 3.48. The number of imidazole rings is 1. The number of aromatic amines is 1. The van der Waals surface area contributed by atoms with E-state index in [4.69, 9.17) is 0 Å². The van der Waals surface area contributed by atoms with Gasteiger partial charge in [0.25, 0.3) is 0 Å². The third kappa shape index (κ3) is 2.31. The van der Waals surface area contributed by atoms with Gasteiger partial charge in [0.15, 0.2) is 0 Å². The third-order valence-corrected chi connectivity index (χ3v) is 4.68. The van der Waals surface area contributed by atoms with Crippen LogP contribution in [0.3, 0.4) is 0 Å². The summed E-state index contributed by atoms with van der Waals surface area (Å²) in [6.07, 6.45) is 1.91. The highest BCUT2D eigenvalue weighted by atomic mass is 14.9. The van der Waals surface area contributed by atoms with Gasteiger partial charge in [-0.2, -0.15) is 0 Å². The number of benzene rings is 4. The first-order valence-electron chi connectivity index (χ1n) is 8.41. The largest absolute Gasteiger partial charge is 0.338 e. The molecule has 1 aromatic heterocycles. The van der Waals surface area contributed by atoms with Gasteiger partial charge in [0.1, 0.15) is 5.82 Å². The van der Waals surface area contributed by atoms with Crippen molar-refractivity contribution in [2.75, 3.05) is 0 Å². The first-order valence-corrected chi connectivity index (χ1v) is 8.41. The zero-order valence-electron chi connectivity index (χ0n) is 13.6. The summed E-state index contributed by atoms with van der Waals surface area (Å²) in [4.78, 5) is 8.16. The lowest BCUT2D eigenvalue weighted by molar-refractivity contribution is 1.32. The van der Waals surface area contributed by atoms with Crippen LogP contribution in [0.15, 0.2) is 91.1 Å². The van der Waals surface area contributed by atoms with Crippen molar-refractivity contribution in [3.63, 3.8) is 0 Å². The molecule has 0 bridgehead atoms. The van der Waals surface area contributed by atoms with Crippen molar-refractivity contribution in [2.45, 2.75) is 0 Å². The summed E-state index contributed by atoms with van der Waals surface area (Å²) in [7, 11) is 0. The summed E-state index contributed by atoms with van der Waals surface area (Å²) in [6, 6.07) is 29.6. The monoisotopic (exact) mass is 320 g/mol. The second-order valence-electron chi connectivity index (χ2n) is 6.20. The molecule has 0 fully saturated rings. The summed E-state index contributed by atoms with van der Waals surface area (Å²) in [5.41, 5.74) is 3.32. The molecule has 0 aliphatic rings. The van der Waals surface area contributed by atoms with Gasteiger partial charge in [0.05, 0.1) is 11.9 Å². The Morgan fingerprint density at radius 1 is 0.640 bits per heavy atom. The Morgan fingerprint density at radius 2 is 1.40 bits per heavy atom. The van der Waals surface area contributed by atoms with Gasteiger partial charge >= 0.3 is 0 Å². The lowest BCUT2D eigenvalue weighted by atomic mass is 9.97. The van der Waals surface area contributed by atoms with E-state index in [1.54, 1.807) is 0 Å². The molecule has 5 aromatic rings. The maximum absolute atomic E-state index is 4.66. The molecule has 0 saturated carbocycles. The maximum atomic E-state index is 4.66. The lowest BCUT2D eigenvalue weighted by Crippen LogP contribution is -1.86. The van der Waals surface area contributed by atoms with Crippen molar-refractivity contribution in [3.05, 3.63) is 91.1 Å². The van der Waals surface area contributed by atoms with E-state index in [0.717, 1.165) is 22.6 Å². The predicted octanol–water partition coefficient (Wildman–Crippen LogP) is 6.05. The molecule has 0 saturated heterocycles. The van der Waals surface area contributed by atoms with Crippen molar-refractivity contribution in [3.8, 4) is 22.6 Å². The van der Waals surface area contributed by atoms with E-state index in [1.165, 1.54) is 21.5 Å². The number of nitrogens with zero attached hydrogens (tertiary/aromatic N) is 1. The maximum Gasteiger partial charge on any atom is 0.138 e. The molecule has 0 aliphatic heterocycles. The SMILES string of the molecule is c1ccc(-c2cnc(-c3cccc4ccc5ccccc5c34)[nH]2)cc1. The molecular formula is C23H16N2. The molecule has 0 radical (unpaired) electrons. The smallest absolute Gasteiger partial charge is 0.138 e. The molecule has 5 rings (SSSR count). The van der Waals surface area contributed by atoms with E-state index in [2.05, 4.69) is 76.7 Å². The predicted molar refractivity (Wildman–Crippen MR) is 104 cm³/mol. The Bertz CT molecular complexity index is 1190.